The van der Waals surface area contributed by atoms with Crippen LogP contribution in [0, 0.1) is 12.8 Å². The van der Waals surface area contributed by atoms with E-state index in [1.807, 2.05) is 37.3 Å². The Bertz CT molecular complexity index is 1050. The summed E-state index contributed by atoms with van der Waals surface area (Å²) in [6, 6.07) is 18.1. The molecular formula is C27H32ClN3O2. The number of carbonyl (C=O) groups is 1. The van der Waals surface area contributed by atoms with Crippen molar-refractivity contribution in [2.45, 2.75) is 52.1 Å². The molecule has 1 saturated heterocycles. The van der Waals surface area contributed by atoms with Crippen molar-refractivity contribution in [1.82, 2.24) is 15.2 Å². The molecule has 174 valence electrons. The van der Waals surface area contributed by atoms with Crippen LogP contribution >= 0.6 is 11.6 Å². The molecule has 1 aromatic heterocycles. The van der Waals surface area contributed by atoms with E-state index in [9.17, 15) is 4.79 Å². The number of nitrogens with zero attached hydrogens (tertiary/aromatic N) is 2. The zero-order valence-corrected chi connectivity index (χ0v) is 20.1. The Morgan fingerprint density at radius 2 is 1.97 bits per heavy atom. The first-order valence-corrected chi connectivity index (χ1v) is 12.1. The highest BCUT2D eigenvalue weighted by atomic mass is 35.5. The zero-order chi connectivity index (χ0) is 23.2. The van der Waals surface area contributed by atoms with Crippen LogP contribution in [0.1, 0.15) is 43.2 Å². The number of nitrogens with one attached hydrogen (secondary N) is 1. The largest absolute Gasteiger partial charge is 0.441 e. The number of likely N-dealkylation sites (tertiary alicyclic amines) is 1. The van der Waals surface area contributed by atoms with E-state index in [-0.39, 0.29) is 17.9 Å². The second-order valence-electron chi connectivity index (χ2n) is 9.04. The summed E-state index contributed by atoms with van der Waals surface area (Å²) in [5.41, 5.74) is 3.15. The highest BCUT2D eigenvalue weighted by molar-refractivity contribution is 6.30. The third kappa shape index (κ3) is 6.46. The summed E-state index contributed by atoms with van der Waals surface area (Å²) in [6.45, 7) is 6.45. The molecule has 4 rings (SSSR count). The first-order valence-electron chi connectivity index (χ1n) is 11.8. The Morgan fingerprint density at radius 3 is 2.73 bits per heavy atom. The number of hydrogen-bond acceptors (Lipinski definition) is 4. The fourth-order valence-electron chi connectivity index (χ4n) is 4.38. The Hall–Kier alpha value is -2.63. The fraction of sp³-hybridized carbons (Fsp3) is 0.407. The number of carbonyl (C=O) groups excluding carboxylic acids is 1. The molecule has 0 radical (unpaired) electrons. The molecule has 2 atom stereocenters. The number of aromatic nitrogens is 1. The molecule has 2 heterocycles. The van der Waals surface area contributed by atoms with Crippen molar-refractivity contribution in [1.29, 1.82) is 0 Å². The summed E-state index contributed by atoms with van der Waals surface area (Å²) < 4.78 is 5.91. The van der Waals surface area contributed by atoms with Gasteiger partial charge in [0, 0.05) is 29.7 Å². The van der Waals surface area contributed by atoms with Gasteiger partial charge in [0.1, 0.15) is 5.76 Å². The van der Waals surface area contributed by atoms with Crippen LogP contribution in [0.3, 0.4) is 0 Å². The number of amides is 1. The Balaban J connectivity index is 1.30. The van der Waals surface area contributed by atoms with Gasteiger partial charge in [-0.1, -0.05) is 41.9 Å². The van der Waals surface area contributed by atoms with Gasteiger partial charge in [-0.25, -0.2) is 4.98 Å². The molecule has 1 N–H and O–H groups in total. The Morgan fingerprint density at radius 1 is 1.21 bits per heavy atom. The summed E-state index contributed by atoms with van der Waals surface area (Å²) in [5, 5.41) is 3.92. The van der Waals surface area contributed by atoms with Crippen molar-refractivity contribution in [3.63, 3.8) is 0 Å². The van der Waals surface area contributed by atoms with Gasteiger partial charge in [0.05, 0.1) is 11.6 Å². The van der Waals surface area contributed by atoms with Crippen LogP contribution in [0.25, 0.3) is 11.5 Å². The van der Waals surface area contributed by atoms with Crippen LogP contribution in [-0.2, 0) is 17.8 Å². The zero-order valence-electron chi connectivity index (χ0n) is 19.4. The van der Waals surface area contributed by atoms with Crippen molar-refractivity contribution in [3.05, 3.63) is 76.6 Å². The van der Waals surface area contributed by atoms with Gasteiger partial charge in [-0.05, 0) is 75.9 Å². The smallest absolute Gasteiger partial charge is 0.226 e. The summed E-state index contributed by atoms with van der Waals surface area (Å²) >= 11 is 5.99. The minimum absolute atomic E-state index is 0.0147. The van der Waals surface area contributed by atoms with E-state index in [2.05, 4.69) is 41.4 Å². The minimum Gasteiger partial charge on any atom is -0.441 e. The first-order chi connectivity index (χ1) is 16.0. The van der Waals surface area contributed by atoms with Gasteiger partial charge < -0.3 is 9.73 Å². The van der Waals surface area contributed by atoms with Crippen molar-refractivity contribution < 1.29 is 9.21 Å². The van der Waals surface area contributed by atoms with Crippen LogP contribution in [0.15, 0.2) is 59.0 Å². The number of piperidine rings is 1. The second kappa shape index (κ2) is 11.0. The Labute approximate surface area is 201 Å². The summed E-state index contributed by atoms with van der Waals surface area (Å²) in [4.78, 5) is 20.0. The standard InChI is InChI=1S/C27H32ClN3O2/c1-19(10-11-21-7-4-3-5-8-21)29-26(32)23-9-6-16-31(17-23)18-25-20(2)33-27(30-25)22-12-14-24(28)15-13-22/h3-5,7-8,12-15,19,23H,6,9-11,16-18H2,1-2H3,(H,29,32)/t19-,23-/m1/s1. The van der Waals surface area contributed by atoms with Crippen LogP contribution in [0.5, 0.6) is 0 Å². The van der Waals surface area contributed by atoms with Crippen molar-refractivity contribution in [2.75, 3.05) is 13.1 Å². The lowest BCUT2D eigenvalue weighted by atomic mass is 9.96. The molecule has 0 bridgehead atoms. The topological polar surface area (TPSA) is 58.4 Å². The highest BCUT2D eigenvalue weighted by Crippen LogP contribution is 2.25. The first kappa shape index (κ1) is 23.5. The Kier molecular flexibility index (Phi) is 7.84. The van der Waals surface area contributed by atoms with Crippen LogP contribution < -0.4 is 5.32 Å². The highest BCUT2D eigenvalue weighted by Gasteiger charge is 2.27. The van der Waals surface area contributed by atoms with Crippen molar-refractivity contribution in [2.24, 2.45) is 5.92 Å². The van der Waals surface area contributed by atoms with E-state index in [4.69, 9.17) is 21.0 Å². The maximum absolute atomic E-state index is 12.9. The molecule has 0 aliphatic carbocycles. The van der Waals surface area contributed by atoms with Crippen molar-refractivity contribution in [3.8, 4) is 11.5 Å². The number of rotatable bonds is 8. The molecule has 33 heavy (non-hydrogen) atoms. The monoisotopic (exact) mass is 465 g/mol. The summed E-state index contributed by atoms with van der Waals surface area (Å²) in [6.07, 6.45) is 3.86. The van der Waals surface area contributed by atoms with E-state index in [1.165, 1.54) is 5.56 Å². The number of halogens is 1. The predicted molar refractivity (Wildman–Crippen MR) is 132 cm³/mol. The maximum atomic E-state index is 12.9. The van der Waals surface area contributed by atoms with E-state index < -0.39 is 0 Å². The fourth-order valence-corrected chi connectivity index (χ4v) is 4.50. The van der Waals surface area contributed by atoms with Gasteiger partial charge in [-0.2, -0.15) is 0 Å². The lowest BCUT2D eigenvalue weighted by molar-refractivity contribution is -0.127. The van der Waals surface area contributed by atoms with E-state index >= 15 is 0 Å². The molecule has 1 fully saturated rings. The van der Waals surface area contributed by atoms with Crippen LogP contribution in [0.2, 0.25) is 5.02 Å². The number of aryl methyl sites for hydroxylation is 2. The van der Waals surface area contributed by atoms with Gasteiger partial charge in [-0.15, -0.1) is 0 Å². The molecule has 1 aliphatic rings. The van der Waals surface area contributed by atoms with Gasteiger partial charge in [0.15, 0.2) is 0 Å². The molecule has 1 amide bonds. The lowest BCUT2D eigenvalue weighted by Crippen LogP contribution is -2.45. The third-order valence-corrected chi connectivity index (χ3v) is 6.58. The molecule has 0 spiro atoms. The SMILES string of the molecule is Cc1oc(-c2ccc(Cl)cc2)nc1CN1CCC[C@@H](C(=O)N[C@H](C)CCc2ccccc2)C1. The molecule has 5 nitrogen and oxygen atoms in total. The average Bonchev–Trinajstić information content (AvgIpc) is 3.19. The number of oxazole rings is 1. The van der Waals surface area contributed by atoms with E-state index in [0.717, 1.165) is 55.8 Å². The van der Waals surface area contributed by atoms with Gasteiger partial charge in [0.25, 0.3) is 0 Å². The van der Waals surface area contributed by atoms with Gasteiger partial charge in [-0.3, -0.25) is 9.69 Å². The quantitative estimate of drug-likeness (QED) is 0.466. The summed E-state index contributed by atoms with van der Waals surface area (Å²) in [5.74, 6) is 1.61. The van der Waals surface area contributed by atoms with Crippen molar-refractivity contribution >= 4 is 17.5 Å². The molecular weight excluding hydrogens is 434 g/mol. The molecule has 2 aromatic carbocycles. The average molecular weight is 466 g/mol. The second-order valence-corrected chi connectivity index (χ2v) is 9.47. The molecule has 0 saturated carbocycles. The lowest BCUT2D eigenvalue weighted by Gasteiger charge is -2.32. The molecule has 0 unspecified atom stereocenters. The van der Waals surface area contributed by atoms with Crippen LogP contribution in [-0.4, -0.2) is 34.9 Å². The number of hydrogen-bond donors (Lipinski definition) is 1. The molecule has 6 heteroatoms. The summed E-state index contributed by atoms with van der Waals surface area (Å²) in [7, 11) is 0. The van der Waals surface area contributed by atoms with E-state index in [0.29, 0.717) is 17.5 Å². The van der Waals surface area contributed by atoms with E-state index in [1.54, 1.807) is 0 Å². The molecule has 1 aliphatic heterocycles. The normalized spacial score (nSPS) is 17.6. The predicted octanol–water partition coefficient (Wildman–Crippen LogP) is 5.65. The van der Waals surface area contributed by atoms with Gasteiger partial charge >= 0.3 is 0 Å². The minimum atomic E-state index is 0.0147. The third-order valence-electron chi connectivity index (χ3n) is 6.33. The van der Waals surface area contributed by atoms with Gasteiger partial charge in [0.2, 0.25) is 11.8 Å². The number of benzene rings is 2. The molecule has 3 aromatic rings. The van der Waals surface area contributed by atoms with Crippen LogP contribution in [0.4, 0.5) is 0 Å². The maximum Gasteiger partial charge on any atom is 0.226 e.